The molecule has 0 spiro atoms. The molecule has 2 aromatic heterocycles. The summed E-state index contributed by atoms with van der Waals surface area (Å²) in [5, 5.41) is 2.61. The van der Waals surface area contributed by atoms with Crippen LogP contribution in [-0.2, 0) is 22.9 Å². The average molecular weight is 710 g/mol. The smallest absolute Gasteiger partial charge is 1.00 e. The van der Waals surface area contributed by atoms with E-state index in [2.05, 4.69) is 143 Å². The number of fused-ring (bicyclic) bond motifs is 4. The zero-order chi connectivity index (χ0) is 24.3. The number of halogens is 2. The standard InChI is InChI=1S/2C17H12N.2ClH.Hf/c2*1-2-7-15-12-16(11-14(15)6-1)18-10-9-13-5-3-4-8-17(13)18;;;/h2*1-12H;2*1H;/q;;;;+2/p-2. The second-order valence-corrected chi connectivity index (χ2v) is 15.3. The molecule has 0 amide bonds. The minimum absolute atomic E-state index is 0. The van der Waals surface area contributed by atoms with Crippen molar-refractivity contribution in [2.45, 2.75) is 7.35 Å². The molecule has 5 heteroatoms. The molecule has 4 aromatic carbocycles. The Labute approximate surface area is 251 Å². The summed E-state index contributed by atoms with van der Waals surface area (Å²) in [6, 6.07) is 40.2. The van der Waals surface area contributed by atoms with E-state index >= 15 is 0 Å². The van der Waals surface area contributed by atoms with Crippen LogP contribution in [0.2, 0.25) is 0 Å². The van der Waals surface area contributed by atoms with E-state index < -0.39 is 22.9 Å². The van der Waals surface area contributed by atoms with Gasteiger partial charge in [-0.1, -0.05) is 0 Å². The van der Waals surface area contributed by atoms with Crippen LogP contribution in [0.3, 0.4) is 0 Å². The zero-order valence-corrected chi connectivity index (χ0v) is 26.1. The molecular weight excluding hydrogens is 686 g/mol. The van der Waals surface area contributed by atoms with Gasteiger partial charge in [-0.3, -0.25) is 0 Å². The molecule has 2 aliphatic carbocycles. The van der Waals surface area contributed by atoms with Crippen molar-refractivity contribution in [1.82, 2.24) is 9.13 Å². The van der Waals surface area contributed by atoms with E-state index in [1.165, 1.54) is 55.5 Å². The van der Waals surface area contributed by atoms with Gasteiger partial charge in [0.1, 0.15) is 0 Å². The summed E-state index contributed by atoms with van der Waals surface area (Å²) in [5.41, 5.74) is 11.3. The van der Waals surface area contributed by atoms with Gasteiger partial charge in [0.25, 0.3) is 0 Å². The Kier molecular flexibility index (Phi) is 7.01. The molecule has 8 rings (SSSR count). The minimum atomic E-state index is -1.39. The second-order valence-electron chi connectivity index (χ2n) is 9.92. The van der Waals surface area contributed by atoms with E-state index in [1.807, 2.05) is 0 Å². The summed E-state index contributed by atoms with van der Waals surface area (Å²) in [4.78, 5) is 0. The van der Waals surface area contributed by atoms with Gasteiger partial charge in [0, 0.05) is 0 Å². The third kappa shape index (κ3) is 4.19. The third-order valence-electron chi connectivity index (χ3n) is 7.90. The van der Waals surface area contributed by atoms with Crippen LogP contribution in [0.15, 0.2) is 122 Å². The SMILES string of the molecule is C1=C(n2ccc3ccccc32)[CH]([Hf+2][CH]2C(n3ccc4ccccc43)=Cc3ccccc32)c2ccccc21.[Cl-].[Cl-]. The molecule has 2 atom stereocenters. The number of nitrogens with zero attached hydrogens (tertiary/aromatic N) is 2. The molecule has 39 heavy (non-hydrogen) atoms. The van der Waals surface area contributed by atoms with Gasteiger partial charge in [-0.2, -0.15) is 0 Å². The molecule has 0 saturated heterocycles. The first kappa shape index (κ1) is 26.1. The molecule has 188 valence electrons. The predicted octanol–water partition coefficient (Wildman–Crippen LogP) is 2.49. The van der Waals surface area contributed by atoms with Crippen molar-refractivity contribution in [2.75, 3.05) is 0 Å². The molecule has 0 fully saturated rings. The van der Waals surface area contributed by atoms with E-state index in [-0.39, 0.29) is 24.8 Å². The Bertz CT molecular complexity index is 1760. The minimum Gasteiger partial charge on any atom is -1.00 e. The maximum atomic E-state index is 2.46. The molecule has 0 N–H and O–H groups in total. The molecule has 0 bridgehead atoms. The molecule has 2 nitrogen and oxygen atoms in total. The van der Waals surface area contributed by atoms with E-state index in [0.717, 1.165) is 0 Å². The summed E-state index contributed by atoms with van der Waals surface area (Å²) < 4.78 is 5.91. The van der Waals surface area contributed by atoms with Gasteiger partial charge in [0.2, 0.25) is 0 Å². The summed E-state index contributed by atoms with van der Waals surface area (Å²) >= 11 is -1.39. The van der Waals surface area contributed by atoms with Crippen molar-refractivity contribution in [3.05, 3.63) is 144 Å². The van der Waals surface area contributed by atoms with Crippen LogP contribution in [0, 0.1) is 0 Å². The molecular formula is C34H24Cl2HfN2. The first-order chi connectivity index (χ1) is 18.3. The third-order valence-corrected chi connectivity index (χ3v) is 14.7. The summed E-state index contributed by atoms with van der Waals surface area (Å²) in [7, 11) is 0. The van der Waals surface area contributed by atoms with Crippen LogP contribution < -0.4 is 24.8 Å². The fourth-order valence-electron chi connectivity index (χ4n) is 6.16. The Morgan fingerprint density at radius 3 is 1.36 bits per heavy atom. The number of hydrogen-bond acceptors (Lipinski definition) is 0. The van der Waals surface area contributed by atoms with Gasteiger partial charge >= 0.3 is 229 Å². The van der Waals surface area contributed by atoms with Crippen molar-refractivity contribution in [2.24, 2.45) is 0 Å². The molecule has 2 aliphatic rings. The van der Waals surface area contributed by atoms with Crippen molar-refractivity contribution < 1.29 is 47.7 Å². The maximum Gasteiger partial charge on any atom is -1.00 e. The van der Waals surface area contributed by atoms with Gasteiger partial charge in [-0.05, 0) is 0 Å². The normalized spacial score (nSPS) is 17.0. The van der Waals surface area contributed by atoms with Crippen LogP contribution in [0.1, 0.15) is 29.6 Å². The Balaban J connectivity index is 0.00000138. The summed E-state index contributed by atoms with van der Waals surface area (Å²) in [6.07, 6.45) is 9.46. The van der Waals surface area contributed by atoms with Crippen LogP contribution in [-0.4, -0.2) is 9.13 Å². The maximum absolute atomic E-state index is 2.46. The van der Waals surface area contributed by atoms with Crippen LogP contribution >= 0.6 is 0 Å². The fourth-order valence-corrected chi connectivity index (χ4v) is 13.4. The van der Waals surface area contributed by atoms with E-state index in [0.29, 0.717) is 7.35 Å². The number of para-hydroxylation sites is 2. The summed E-state index contributed by atoms with van der Waals surface area (Å²) in [6.45, 7) is 0. The number of allylic oxidation sites excluding steroid dienone is 2. The van der Waals surface area contributed by atoms with Crippen LogP contribution in [0.5, 0.6) is 0 Å². The average Bonchev–Trinajstić information content (AvgIpc) is 3.72. The van der Waals surface area contributed by atoms with Gasteiger partial charge < -0.3 is 24.8 Å². The first-order valence-corrected chi connectivity index (χ1v) is 17.0. The van der Waals surface area contributed by atoms with Crippen molar-refractivity contribution in [3.63, 3.8) is 0 Å². The van der Waals surface area contributed by atoms with Crippen molar-refractivity contribution in [3.8, 4) is 0 Å². The van der Waals surface area contributed by atoms with Crippen molar-refractivity contribution >= 4 is 45.4 Å². The van der Waals surface area contributed by atoms with Crippen LogP contribution in [0.25, 0.3) is 45.4 Å². The Morgan fingerprint density at radius 1 is 0.462 bits per heavy atom. The van der Waals surface area contributed by atoms with Gasteiger partial charge in [0.05, 0.1) is 0 Å². The van der Waals surface area contributed by atoms with Gasteiger partial charge in [0.15, 0.2) is 0 Å². The van der Waals surface area contributed by atoms with Crippen molar-refractivity contribution in [1.29, 1.82) is 0 Å². The molecule has 2 heterocycles. The topological polar surface area (TPSA) is 9.86 Å². The Hall–Kier alpha value is -3.11. The molecule has 2 unspecified atom stereocenters. The monoisotopic (exact) mass is 710 g/mol. The van der Waals surface area contributed by atoms with E-state index in [4.69, 9.17) is 0 Å². The first-order valence-electron chi connectivity index (χ1n) is 12.9. The zero-order valence-electron chi connectivity index (χ0n) is 21.0. The number of hydrogen-bond donors (Lipinski definition) is 0. The molecule has 0 aliphatic heterocycles. The van der Waals surface area contributed by atoms with Gasteiger partial charge in [-0.15, -0.1) is 0 Å². The molecule has 0 radical (unpaired) electrons. The molecule has 6 aromatic rings. The fraction of sp³-hybridized carbons (Fsp3) is 0.0588. The molecule has 0 saturated carbocycles. The second kappa shape index (κ2) is 10.5. The predicted molar refractivity (Wildman–Crippen MR) is 151 cm³/mol. The number of aromatic nitrogens is 2. The quantitative estimate of drug-likeness (QED) is 0.249. The Morgan fingerprint density at radius 2 is 0.872 bits per heavy atom. The summed E-state index contributed by atoms with van der Waals surface area (Å²) in [5.74, 6) is 0. The number of benzene rings is 4. The van der Waals surface area contributed by atoms with E-state index in [1.54, 1.807) is 0 Å². The van der Waals surface area contributed by atoms with E-state index in [9.17, 15) is 0 Å². The number of rotatable bonds is 4. The van der Waals surface area contributed by atoms with Gasteiger partial charge in [-0.25, -0.2) is 0 Å². The largest absolute Gasteiger partial charge is 1.00 e. The van der Waals surface area contributed by atoms with Crippen LogP contribution in [0.4, 0.5) is 0 Å².